The lowest BCUT2D eigenvalue weighted by Gasteiger charge is -2.38. The van der Waals surface area contributed by atoms with Gasteiger partial charge in [-0.05, 0) is 56.1 Å². The van der Waals surface area contributed by atoms with Gasteiger partial charge >= 0.3 is 0 Å². The van der Waals surface area contributed by atoms with Gasteiger partial charge in [-0.1, -0.05) is 32.4 Å². The monoisotopic (exact) mass is 290 g/mol. The highest BCUT2D eigenvalue weighted by molar-refractivity contribution is 5.28. The Labute approximate surface area is 129 Å². The average Bonchev–Trinajstić information content (AvgIpc) is 2.50. The summed E-state index contributed by atoms with van der Waals surface area (Å²) in [6.45, 7) is 9.88. The van der Waals surface area contributed by atoms with Gasteiger partial charge in [0.15, 0.2) is 0 Å². The predicted molar refractivity (Wildman–Crippen MR) is 88.8 cm³/mol. The minimum atomic E-state index is 0.568. The molecule has 0 aromatic heterocycles. The Morgan fingerprint density at radius 3 is 2.71 bits per heavy atom. The van der Waals surface area contributed by atoms with Gasteiger partial charge in [-0.25, -0.2) is 0 Å². The van der Waals surface area contributed by atoms with E-state index in [2.05, 4.69) is 42.3 Å². The van der Waals surface area contributed by atoms with Crippen molar-refractivity contribution in [2.24, 2.45) is 5.41 Å². The molecule has 0 atom stereocenters. The second-order valence-electron chi connectivity index (χ2n) is 6.53. The average molecular weight is 290 g/mol. The van der Waals surface area contributed by atoms with Crippen LogP contribution in [0.4, 0.5) is 0 Å². The second kappa shape index (κ2) is 7.81. The molecule has 3 nitrogen and oxygen atoms in total. The van der Waals surface area contributed by atoms with E-state index in [4.69, 9.17) is 4.74 Å². The van der Waals surface area contributed by atoms with Crippen molar-refractivity contribution in [2.45, 2.75) is 39.7 Å². The Kier molecular flexibility index (Phi) is 6.07. The molecule has 1 N–H and O–H groups in total. The quantitative estimate of drug-likeness (QED) is 0.834. The van der Waals surface area contributed by atoms with Gasteiger partial charge in [-0.15, -0.1) is 0 Å². The summed E-state index contributed by atoms with van der Waals surface area (Å²) in [5.74, 6) is 0.984. The second-order valence-corrected chi connectivity index (χ2v) is 6.53. The Morgan fingerprint density at radius 2 is 2.05 bits per heavy atom. The molecule has 0 bridgehead atoms. The van der Waals surface area contributed by atoms with Gasteiger partial charge in [0.25, 0.3) is 0 Å². The zero-order chi connectivity index (χ0) is 15.1. The molecule has 1 saturated heterocycles. The van der Waals surface area contributed by atoms with Crippen molar-refractivity contribution < 1.29 is 4.74 Å². The number of nitrogens with one attached hydrogen (secondary N) is 1. The van der Waals surface area contributed by atoms with E-state index in [1.54, 1.807) is 0 Å². The summed E-state index contributed by atoms with van der Waals surface area (Å²) in [5.41, 5.74) is 1.84. The first-order valence-electron chi connectivity index (χ1n) is 8.24. The molecule has 1 aromatic carbocycles. The van der Waals surface area contributed by atoms with Crippen LogP contribution in [-0.4, -0.2) is 38.2 Å². The molecule has 0 saturated carbocycles. The first-order valence-corrected chi connectivity index (χ1v) is 8.24. The predicted octanol–water partition coefficient (Wildman–Crippen LogP) is 3.30. The van der Waals surface area contributed by atoms with Gasteiger partial charge in [0.1, 0.15) is 12.4 Å². The lowest BCUT2D eigenvalue weighted by molar-refractivity contribution is 0.101. The lowest BCUT2D eigenvalue weighted by atomic mass is 9.78. The summed E-state index contributed by atoms with van der Waals surface area (Å²) in [6, 6.07) is 8.36. The van der Waals surface area contributed by atoms with E-state index < -0.39 is 0 Å². The number of hydrogen-bond donors (Lipinski definition) is 1. The van der Waals surface area contributed by atoms with Crippen molar-refractivity contribution in [2.75, 3.05) is 33.3 Å². The molecule has 1 aromatic rings. The number of likely N-dealkylation sites (tertiary alicyclic amines) is 1. The molecule has 1 aliphatic heterocycles. The number of benzene rings is 1. The number of piperidine rings is 1. The van der Waals surface area contributed by atoms with Crippen molar-refractivity contribution in [3.63, 3.8) is 0 Å². The third-order valence-corrected chi connectivity index (χ3v) is 4.87. The summed E-state index contributed by atoms with van der Waals surface area (Å²) in [4.78, 5) is 2.54. The topological polar surface area (TPSA) is 24.5 Å². The third-order valence-electron chi connectivity index (χ3n) is 4.87. The Balaban J connectivity index is 1.71. The van der Waals surface area contributed by atoms with Crippen LogP contribution in [0.15, 0.2) is 24.3 Å². The smallest absolute Gasteiger partial charge is 0.119 e. The maximum absolute atomic E-state index is 5.90. The van der Waals surface area contributed by atoms with Crippen LogP contribution in [0.5, 0.6) is 5.75 Å². The minimum absolute atomic E-state index is 0.568. The molecule has 0 unspecified atom stereocenters. The van der Waals surface area contributed by atoms with E-state index in [0.717, 1.165) is 25.4 Å². The minimum Gasteiger partial charge on any atom is -0.492 e. The van der Waals surface area contributed by atoms with Gasteiger partial charge in [0.05, 0.1) is 0 Å². The Hall–Kier alpha value is -1.06. The van der Waals surface area contributed by atoms with Crippen molar-refractivity contribution in [3.8, 4) is 5.75 Å². The summed E-state index contributed by atoms with van der Waals surface area (Å²) < 4.78 is 5.90. The SMILES string of the molecule is CCC1(C)CCN(CCOc2cccc(CNC)c2)CC1. The molecule has 0 amide bonds. The molecule has 0 spiro atoms. The molecular formula is C18H30N2O. The molecule has 118 valence electrons. The van der Waals surface area contributed by atoms with E-state index in [9.17, 15) is 0 Å². The van der Waals surface area contributed by atoms with Gasteiger partial charge in [0.2, 0.25) is 0 Å². The molecule has 3 heteroatoms. The number of nitrogens with zero attached hydrogens (tertiary/aromatic N) is 1. The molecule has 21 heavy (non-hydrogen) atoms. The molecule has 2 rings (SSSR count). The summed E-state index contributed by atoms with van der Waals surface area (Å²) >= 11 is 0. The van der Waals surface area contributed by atoms with E-state index >= 15 is 0 Å². The van der Waals surface area contributed by atoms with E-state index in [-0.39, 0.29) is 0 Å². The molecular weight excluding hydrogens is 260 g/mol. The molecule has 0 aliphatic carbocycles. The third kappa shape index (κ3) is 5.01. The van der Waals surface area contributed by atoms with Crippen LogP contribution in [-0.2, 0) is 6.54 Å². The fourth-order valence-corrected chi connectivity index (χ4v) is 2.91. The van der Waals surface area contributed by atoms with Crippen LogP contribution in [0.1, 0.15) is 38.7 Å². The van der Waals surface area contributed by atoms with Crippen LogP contribution in [0, 0.1) is 5.41 Å². The van der Waals surface area contributed by atoms with Crippen molar-refractivity contribution in [1.82, 2.24) is 10.2 Å². The maximum atomic E-state index is 5.90. The van der Waals surface area contributed by atoms with Crippen LogP contribution < -0.4 is 10.1 Å². The van der Waals surface area contributed by atoms with Crippen LogP contribution in [0.25, 0.3) is 0 Å². The van der Waals surface area contributed by atoms with Gasteiger partial charge in [0, 0.05) is 13.1 Å². The zero-order valence-electron chi connectivity index (χ0n) is 13.8. The highest BCUT2D eigenvalue weighted by Crippen LogP contribution is 2.33. The van der Waals surface area contributed by atoms with Gasteiger partial charge in [-0.3, -0.25) is 4.90 Å². The van der Waals surface area contributed by atoms with Crippen LogP contribution in [0.3, 0.4) is 0 Å². The standard InChI is InChI=1S/C18H30N2O/c1-4-18(2)8-10-20(11-9-18)12-13-21-17-7-5-6-16(14-17)15-19-3/h5-7,14,19H,4,8-13,15H2,1-3H3. The maximum Gasteiger partial charge on any atom is 0.119 e. The van der Waals surface area contributed by atoms with E-state index in [1.807, 2.05) is 13.1 Å². The van der Waals surface area contributed by atoms with Crippen molar-refractivity contribution >= 4 is 0 Å². The molecule has 0 radical (unpaired) electrons. The summed E-state index contributed by atoms with van der Waals surface area (Å²) in [7, 11) is 1.97. The highest BCUT2D eigenvalue weighted by atomic mass is 16.5. The normalized spacial score (nSPS) is 18.6. The summed E-state index contributed by atoms with van der Waals surface area (Å²) in [6.07, 6.45) is 3.94. The van der Waals surface area contributed by atoms with Crippen molar-refractivity contribution in [1.29, 1.82) is 0 Å². The number of hydrogen-bond acceptors (Lipinski definition) is 3. The van der Waals surface area contributed by atoms with Gasteiger partial charge in [-0.2, -0.15) is 0 Å². The lowest BCUT2D eigenvalue weighted by Crippen LogP contribution is -2.40. The Bertz CT molecular complexity index is 425. The van der Waals surface area contributed by atoms with E-state index in [0.29, 0.717) is 5.41 Å². The van der Waals surface area contributed by atoms with Crippen LogP contribution in [0.2, 0.25) is 0 Å². The van der Waals surface area contributed by atoms with Crippen molar-refractivity contribution in [3.05, 3.63) is 29.8 Å². The number of ether oxygens (including phenoxy) is 1. The fraction of sp³-hybridized carbons (Fsp3) is 0.667. The fourth-order valence-electron chi connectivity index (χ4n) is 2.91. The molecule has 1 heterocycles. The van der Waals surface area contributed by atoms with Crippen LogP contribution >= 0.6 is 0 Å². The Morgan fingerprint density at radius 1 is 1.29 bits per heavy atom. The summed E-state index contributed by atoms with van der Waals surface area (Å²) in [5, 5.41) is 3.17. The van der Waals surface area contributed by atoms with E-state index in [1.165, 1.54) is 37.9 Å². The zero-order valence-corrected chi connectivity index (χ0v) is 13.8. The largest absolute Gasteiger partial charge is 0.492 e. The van der Waals surface area contributed by atoms with Gasteiger partial charge < -0.3 is 10.1 Å². The first-order chi connectivity index (χ1) is 10.1. The number of rotatable bonds is 7. The molecule has 1 aliphatic rings. The molecule has 1 fully saturated rings. The first kappa shape index (κ1) is 16.3. The highest BCUT2D eigenvalue weighted by Gasteiger charge is 2.27.